The lowest BCUT2D eigenvalue weighted by molar-refractivity contribution is -0.153. The predicted molar refractivity (Wildman–Crippen MR) is 95.5 cm³/mol. The SMILES string of the molecule is Cc1ccc([C@@]2(C)NC(=O)N(CC(=O)OCC(=O)N3CCCC3)C2=O)cc1. The molecule has 1 aromatic carbocycles. The van der Waals surface area contributed by atoms with Crippen LogP contribution in [0.15, 0.2) is 24.3 Å². The summed E-state index contributed by atoms with van der Waals surface area (Å²) < 4.78 is 4.96. The van der Waals surface area contributed by atoms with Gasteiger partial charge in [0.15, 0.2) is 6.61 Å². The highest BCUT2D eigenvalue weighted by molar-refractivity contribution is 6.08. The zero-order valence-electron chi connectivity index (χ0n) is 15.5. The summed E-state index contributed by atoms with van der Waals surface area (Å²) in [7, 11) is 0. The van der Waals surface area contributed by atoms with E-state index in [-0.39, 0.29) is 12.5 Å². The molecule has 8 heteroatoms. The normalized spacial score (nSPS) is 22.1. The van der Waals surface area contributed by atoms with E-state index in [1.54, 1.807) is 24.0 Å². The molecule has 1 N–H and O–H groups in total. The Morgan fingerprint density at radius 3 is 2.41 bits per heavy atom. The summed E-state index contributed by atoms with van der Waals surface area (Å²) >= 11 is 0. The van der Waals surface area contributed by atoms with Gasteiger partial charge in [0.2, 0.25) is 0 Å². The van der Waals surface area contributed by atoms with Crippen LogP contribution in [0.3, 0.4) is 0 Å². The lowest BCUT2D eigenvalue weighted by atomic mass is 9.91. The summed E-state index contributed by atoms with van der Waals surface area (Å²) in [5, 5.41) is 2.64. The first-order chi connectivity index (χ1) is 12.8. The lowest BCUT2D eigenvalue weighted by Gasteiger charge is -2.22. The fraction of sp³-hybridized carbons (Fsp3) is 0.474. The monoisotopic (exact) mass is 373 g/mol. The maximum atomic E-state index is 12.8. The number of benzene rings is 1. The van der Waals surface area contributed by atoms with Gasteiger partial charge in [-0.1, -0.05) is 29.8 Å². The third-order valence-electron chi connectivity index (χ3n) is 5.01. The Morgan fingerprint density at radius 1 is 1.15 bits per heavy atom. The van der Waals surface area contributed by atoms with Crippen LogP contribution in [0.25, 0.3) is 0 Å². The van der Waals surface area contributed by atoms with Crippen LogP contribution < -0.4 is 5.32 Å². The molecule has 2 aliphatic heterocycles. The molecule has 0 radical (unpaired) electrons. The van der Waals surface area contributed by atoms with Crippen molar-refractivity contribution in [3.8, 4) is 0 Å². The second kappa shape index (κ2) is 7.38. The molecule has 2 heterocycles. The molecular weight excluding hydrogens is 350 g/mol. The number of carbonyl (C=O) groups is 4. The first-order valence-electron chi connectivity index (χ1n) is 8.96. The summed E-state index contributed by atoms with van der Waals surface area (Å²) in [4.78, 5) is 51.4. The van der Waals surface area contributed by atoms with Gasteiger partial charge in [0.1, 0.15) is 12.1 Å². The van der Waals surface area contributed by atoms with Crippen molar-refractivity contribution in [2.75, 3.05) is 26.2 Å². The van der Waals surface area contributed by atoms with Gasteiger partial charge < -0.3 is 15.0 Å². The molecule has 0 unspecified atom stereocenters. The van der Waals surface area contributed by atoms with E-state index in [0.717, 1.165) is 23.3 Å². The van der Waals surface area contributed by atoms with Crippen molar-refractivity contribution in [3.05, 3.63) is 35.4 Å². The molecule has 1 aromatic rings. The smallest absolute Gasteiger partial charge is 0.326 e. The second-order valence-corrected chi connectivity index (χ2v) is 7.06. The van der Waals surface area contributed by atoms with Gasteiger partial charge in [-0.25, -0.2) is 4.79 Å². The number of nitrogens with zero attached hydrogens (tertiary/aromatic N) is 2. The van der Waals surface area contributed by atoms with Crippen LogP contribution in [-0.2, 0) is 24.7 Å². The van der Waals surface area contributed by atoms with Crippen molar-refractivity contribution in [2.24, 2.45) is 0 Å². The number of hydrogen-bond donors (Lipinski definition) is 1. The number of hydrogen-bond acceptors (Lipinski definition) is 5. The van der Waals surface area contributed by atoms with E-state index in [2.05, 4.69) is 5.32 Å². The number of nitrogens with one attached hydrogen (secondary N) is 1. The van der Waals surface area contributed by atoms with Crippen LogP contribution in [0.1, 0.15) is 30.9 Å². The van der Waals surface area contributed by atoms with E-state index >= 15 is 0 Å². The molecule has 4 amide bonds. The maximum absolute atomic E-state index is 12.8. The fourth-order valence-corrected chi connectivity index (χ4v) is 3.30. The molecule has 27 heavy (non-hydrogen) atoms. The molecule has 8 nitrogen and oxygen atoms in total. The number of carbonyl (C=O) groups excluding carboxylic acids is 4. The second-order valence-electron chi connectivity index (χ2n) is 7.06. The number of aryl methyl sites for hydroxylation is 1. The highest BCUT2D eigenvalue weighted by Crippen LogP contribution is 2.28. The maximum Gasteiger partial charge on any atom is 0.326 e. The van der Waals surface area contributed by atoms with E-state index < -0.39 is 30.0 Å². The number of amides is 4. The standard InChI is InChI=1S/C19H23N3O5/c1-13-5-7-14(8-6-13)19(2)17(25)22(18(26)20-19)11-16(24)27-12-15(23)21-9-3-4-10-21/h5-8H,3-4,9-12H2,1-2H3,(H,20,26)/t19-/m1/s1. The van der Waals surface area contributed by atoms with Crippen molar-refractivity contribution in [1.29, 1.82) is 0 Å². The van der Waals surface area contributed by atoms with Crippen LogP contribution in [0.4, 0.5) is 4.79 Å². The van der Waals surface area contributed by atoms with Crippen molar-refractivity contribution in [2.45, 2.75) is 32.2 Å². The average Bonchev–Trinajstić information content (AvgIpc) is 3.24. The topological polar surface area (TPSA) is 96.0 Å². The molecular formula is C19H23N3O5. The Hall–Kier alpha value is -2.90. The molecule has 0 saturated carbocycles. The molecule has 2 aliphatic rings. The minimum absolute atomic E-state index is 0.262. The van der Waals surface area contributed by atoms with E-state index in [1.165, 1.54) is 0 Å². The number of esters is 1. The third kappa shape index (κ3) is 3.79. The van der Waals surface area contributed by atoms with Gasteiger partial charge in [-0.05, 0) is 32.3 Å². The first-order valence-corrected chi connectivity index (χ1v) is 8.96. The highest BCUT2D eigenvalue weighted by atomic mass is 16.5. The van der Waals surface area contributed by atoms with Crippen LogP contribution in [0.5, 0.6) is 0 Å². The number of ether oxygens (including phenoxy) is 1. The van der Waals surface area contributed by atoms with E-state index in [0.29, 0.717) is 18.7 Å². The minimum atomic E-state index is -1.24. The predicted octanol–water partition coefficient (Wildman–Crippen LogP) is 0.928. The lowest BCUT2D eigenvalue weighted by Crippen LogP contribution is -2.42. The largest absolute Gasteiger partial charge is 0.454 e. The number of rotatable bonds is 5. The Bertz CT molecular complexity index is 770. The van der Waals surface area contributed by atoms with E-state index in [9.17, 15) is 19.2 Å². The Kier molecular flexibility index (Phi) is 5.16. The molecule has 3 rings (SSSR count). The minimum Gasteiger partial charge on any atom is -0.454 e. The van der Waals surface area contributed by atoms with Crippen molar-refractivity contribution in [1.82, 2.24) is 15.1 Å². The van der Waals surface area contributed by atoms with Gasteiger partial charge in [0.25, 0.3) is 11.8 Å². The Labute approximate surface area is 157 Å². The number of imide groups is 1. The molecule has 2 fully saturated rings. The van der Waals surface area contributed by atoms with Crippen LogP contribution >= 0.6 is 0 Å². The molecule has 0 bridgehead atoms. The van der Waals surface area contributed by atoms with Crippen molar-refractivity contribution < 1.29 is 23.9 Å². The first kappa shape index (κ1) is 18.9. The quantitative estimate of drug-likeness (QED) is 0.612. The fourth-order valence-electron chi connectivity index (χ4n) is 3.30. The van der Waals surface area contributed by atoms with Crippen molar-refractivity contribution in [3.63, 3.8) is 0 Å². The summed E-state index contributed by atoms with van der Waals surface area (Å²) in [6.07, 6.45) is 1.89. The highest BCUT2D eigenvalue weighted by Gasteiger charge is 2.49. The summed E-state index contributed by atoms with van der Waals surface area (Å²) in [6.45, 7) is 3.95. The molecule has 2 saturated heterocycles. The summed E-state index contributed by atoms with van der Waals surface area (Å²) in [5.74, 6) is -1.58. The van der Waals surface area contributed by atoms with E-state index in [1.807, 2.05) is 19.1 Å². The van der Waals surface area contributed by atoms with Gasteiger partial charge >= 0.3 is 12.0 Å². The third-order valence-corrected chi connectivity index (χ3v) is 5.01. The van der Waals surface area contributed by atoms with Crippen LogP contribution in [-0.4, -0.2) is 59.9 Å². The molecule has 0 aromatic heterocycles. The number of likely N-dealkylation sites (tertiary alicyclic amines) is 1. The zero-order chi connectivity index (χ0) is 19.6. The Balaban J connectivity index is 1.60. The molecule has 144 valence electrons. The van der Waals surface area contributed by atoms with Gasteiger partial charge in [-0.15, -0.1) is 0 Å². The van der Waals surface area contributed by atoms with Crippen LogP contribution in [0.2, 0.25) is 0 Å². The van der Waals surface area contributed by atoms with Crippen LogP contribution in [0, 0.1) is 6.92 Å². The number of urea groups is 1. The van der Waals surface area contributed by atoms with E-state index in [4.69, 9.17) is 4.74 Å². The van der Waals surface area contributed by atoms with Crippen molar-refractivity contribution >= 4 is 23.8 Å². The molecule has 0 spiro atoms. The van der Waals surface area contributed by atoms with Gasteiger partial charge in [0, 0.05) is 13.1 Å². The van der Waals surface area contributed by atoms with Gasteiger partial charge in [-0.2, -0.15) is 0 Å². The van der Waals surface area contributed by atoms with Gasteiger partial charge in [0.05, 0.1) is 0 Å². The molecule has 0 aliphatic carbocycles. The summed E-state index contributed by atoms with van der Waals surface area (Å²) in [5.41, 5.74) is 0.421. The Morgan fingerprint density at radius 2 is 1.78 bits per heavy atom. The van der Waals surface area contributed by atoms with Gasteiger partial charge in [-0.3, -0.25) is 19.3 Å². The molecule has 1 atom stereocenters. The summed E-state index contributed by atoms with van der Waals surface area (Å²) in [6, 6.07) is 6.57. The average molecular weight is 373 g/mol. The zero-order valence-corrected chi connectivity index (χ0v) is 15.5.